The molecule has 1 aromatic rings. The second kappa shape index (κ2) is 8.25. The number of carbonyl (C=O) groups excluding carboxylic acids is 2. The lowest BCUT2D eigenvalue weighted by atomic mass is 9.91. The number of amides is 1. The number of benzene rings is 1. The molecule has 2 aliphatic rings. The summed E-state index contributed by atoms with van der Waals surface area (Å²) in [6.07, 6.45) is 4.08. The number of carbonyl (C=O) groups is 2. The molecule has 0 aromatic heterocycles. The third-order valence-electron chi connectivity index (χ3n) is 5.58. The molecule has 1 unspecified atom stereocenters. The van der Waals surface area contributed by atoms with Gasteiger partial charge in [0.15, 0.2) is 23.0 Å². The van der Waals surface area contributed by atoms with Gasteiger partial charge in [0, 0.05) is 18.0 Å². The number of aliphatic hydroxyl groups is 1. The van der Waals surface area contributed by atoms with Crippen molar-refractivity contribution in [1.82, 2.24) is 4.90 Å². The van der Waals surface area contributed by atoms with Gasteiger partial charge in [-0.1, -0.05) is 38.8 Å². The first-order valence-electron chi connectivity index (χ1n) is 9.90. The monoisotopic (exact) mass is 387 g/mol. The van der Waals surface area contributed by atoms with Crippen molar-refractivity contribution in [1.29, 1.82) is 0 Å². The van der Waals surface area contributed by atoms with Crippen LogP contribution in [0.3, 0.4) is 0 Å². The van der Waals surface area contributed by atoms with E-state index in [0.29, 0.717) is 17.1 Å². The number of ether oxygens (including phenoxy) is 2. The summed E-state index contributed by atoms with van der Waals surface area (Å²) in [6, 6.07) is 4.76. The highest BCUT2D eigenvalue weighted by Gasteiger charge is 2.47. The van der Waals surface area contributed by atoms with Gasteiger partial charge in [0.25, 0.3) is 5.91 Å². The van der Waals surface area contributed by atoms with Crippen LogP contribution in [0.4, 0.5) is 0 Å². The van der Waals surface area contributed by atoms with Crippen LogP contribution in [-0.4, -0.2) is 42.0 Å². The van der Waals surface area contributed by atoms with Crippen LogP contribution in [0.25, 0.3) is 0 Å². The number of hydrogen-bond acceptors (Lipinski definition) is 5. The fraction of sp³-hybridized carbons (Fsp3) is 0.545. The molecule has 6 nitrogen and oxygen atoms in total. The SMILES string of the molecule is COc1cccc(C2C(C(=O)CC(C)C)=C(O)C(=O)N2C2CCCC2)c1OC. The Morgan fingerprint density at radius 1 is 1.21 bits per heavy atom. The first-order valence-corrected chi connectivity index (χ1v) is 9.90. The number of methoxy groups -OCH3 is 2. The van der Waals surface area contributed by atoms with Gasteiger partial charge in [0.1, 0.15) is 0 Å². The summed E-state index contributed by atoms with van der Waals surface area (Å²) < 4.78 is 11.0. The van der Waals surface area contributed by atoms with Crippen molar-refractivity contribution in [3.8, 4) is 11.5 Å². The average molecular weight is 387 g/mol. The minimum atomic E-state index is -0.660. The average Bonchev–Trinajstić information content (AvgIpc) is 3.27. The molecule has 0 spiro atoms. The summed E-state index contributed by atoms with van der Waals surface area (Å²) in [4.78, 5) is 27.8. The molecule has 1 aliphatic carbocycles. The Labute approximate surface area is 166 Å². The Hall–Kier alpha value is -2.50. The topological polar surface area (TPSA) is 76.1 Å². The van der Waals surface area contributed by atoms with Crippen molar-refractivity contribution in [2.45, 2.75) is 58.0 Å². The lowest BCUT2D eigenvalue weighted by Crippen LogP contribution is -2.38. The number of hydrogen-bond donors (Lipinski definition) is 1. The molecule has 1 aromatic carbocycles. The van der Waals surface area contributed by atoms with Gasteiger partial charge in [-0.2, -0.15) is 0 Å². The Bertz CT molecular complexity index is 792. The fourth-order valence-electron chi connectivity index (χ4n) is 4.38. The zero-order valence-corrected chi connectivity index (χ0v) is 17.0. The second-order valence-corrected chi connectivity index (χ2v) is 7.92. The van der Waals surface area contributed by atoms with Crippen LogP contribution in [0.15, 0.2) is 29.5 Å². The van der Waals surface area contributed by atoms with E-state index < -0.39 is 17.7 Å². The van der Waals surface area contributed by atoms with E-state index in [2.05, 4.69) is 0 Å². The minimum absolute atomic E-state index is 0.0000860. The van der Waals surface area contributed by atoms with Crippen molar-refractivity contribution in [3.05, 3.63) is 35.1 Å². The molecule has 1 heterocycles. The van der Waals surface area contributed by atoms with Crippen molar-refractivity contribution in [2.75, 3.05) is 14.2 Å². The van der Waals surface area contributed by atoms with Crippen LogP contribution < -0.4 is 9.47 Å². The van der Waals surface area contributed by atoms with Crippen molar-refractivity contribution in [2.24, 2.45) is 5.92 Å². The predicted octanol–water partition coefficient (Wildman–Crippen LogP) is 3.96. The van der Waals surface area contributed by atoms with Crippen molar-refractivity contribution >= 4 is 11.7 Å². The van der Waals surface area contributed by atoms with E-state index in [9.17, 15) is 14.7 Å². The van der Waals surface area contributed by atoms with Crippen LogP contribution in [0.1, 0.15) is 57.6 Å². The maximum absolute atomic E-state index is 13.0. The number of aliphatic hydroxyl groups excluding tert-OH is 1. The van der Waals surface area contributed by atoms with Gasteiger partial charge in [-0.15, -0.1) is 0 Å². The Balaban J connectivity index is 2.16. The Morgan fingerprint density at radius 2 is 1.89 bits per heavy atom. The molecule has 1 aliphatic heterocycles. The van der Waals surface area contributed by atoms with E-state index in [1.54, 1.807) is 18.1 Å². The fourth-order valence-corrected chi connectivity index (χ4v) is 4.38. The van der Waals surface area contributed by atoms with Gasteiger partial charge in [0.05, 0.1) is 25.8 Å². The number of ketones is 1. The lowest BCUT2D eigenvalue weighted by molar-refractivity contribution is -0.131. The minimum Gasteiger partial charge on any atom is -0.503 e. The molecule has 1 atom stereocenters. The standard InChI is InChI=1S/C22H29NO5/c1-13(2)12-16(24)18-19(15-10-7-11-17(27-3)21(15)28-4)23(22(26)20(18)25)14-8-5-6-9-14/h7,10-11,13-14,19,25H,5-6,8-9,12H2,1-4H3. The molecule has 0 saturated heterocycles. The highest BCUT2D eigenvalue weighted by Crippen LogP contribution is 2.47. The summed E-state index contributed by atoms with van der Waals surface area (Å²) in [5.41, 5.74) is 0.843. The van der Waals surface area contributed by atoms with E-state index in [4.69, 9.17) is 9.47 Å². The summed E-state index contributed by atoms with van der Waals surface area (Å²) in [7, 11) is 3.09. The van der Waals surface area contributed by atoms with Gasteiger partial charge < -0.3 is 19.5 Å². The van der Waals surface area contributed by atoms with Crippen LogP contribution in [0.2, 0.25) is 0 Å². The van der Waals surface area contributed by atoms with Gasteiger partial charge in [-0.25, -0.2) is 0 Å². The Kier molecular flexibility index (Phi) is 5.96. The van der Waals surface area contributed by atoms with Crippen LogP contribution in [-0.2, 0) is 9.59 Å². The molecule has 1 N–H and O–H groups in total. The number of Topliss-reactive ketones (excluding diaryl/α,β-unsaturated/α-hetero) is 1. The molecule has 6 heteroatoms. The lowest BCUT2D eigenvalue weighted by Gasteiger charge is -2.33. The summed E-state index contributed by atoms with van der Waals surface area (Å²) in [5.74, 6) is 0.0463. The van der Waals surface area contributed by atoms with E-state index in [0.717, 1.165) is 25.7 Å². The maximum atomic E-state index is 13.0. The van der Waals surface area contributed by atoms with E-state index >= 15 is 0 Å². The quantitative estimate of drug-likeness (QED) is 0.766. The van der Waals surface area contributed by atoms with Gasteiger partial charge in [-0.3, -0.25) is 9.59 Å². The van der Waals surface area contributed by atoms with Crippen LogP contribution >= 0.6 is 0 Å². The predicted molar refractivity (Wildman–Crippen MR) is 106 cm³/mol. The first kappa shape index (κ1) is 20.2. The smallest absolute Gasteiger partial charge is 0.290 e. The van der Waals surface area contributed by atoms with Gasteiger partial charge in [-0.05, 0) is 24.8 Å². The maximum Gasteiger partial charge on any atom is 0.290 e. The molecule has 0 radical (unpaired) electrons. The molecule has 3 rings (SSSR count). The van der Waals surface area contributed by atoms with E-state index in [1.165, 1.54) is 7.11 Å². The molecule has 1 saturated carbocycles. The van der Waals surface area contributed by atoms with Crippen molar-refractivity contribution < 1.29 is 24.2 Å². The van der Waals surface area contributed by atoms with E-state index in [1.807, 2.05) is 26.0 Å². The second-order valence-electron chi connectivity index (χ2n) is 7.92. The Morgan fingerprint density at radius 3 is 2.46 bits per heavy atom. The molecule has 28 heavy (non-hydrogen) atoms. The molecular formula is C22H29NO5. The normalized spacial score (nSPS) is 20.4. The van der Waals surface area contributed by atoms with Crippen LogP contribution in [0.5, 0.6) is 11.5 Å². The highest BCUT2D eigenvalue weighted by molar-refractivity contribution is 6.09. The first-order chi connectivity index (χ1) is 13.4. The summed E-state index contributed by atoms with van der Waals surface area (Å²) in [5, 5.41) is 10.7. The van der Waals surface area contributed by atoms with Gasteiger partial charge in [0.2, 0.25) is 0 Å². The van der Waals surface area contributed by atoms with Crippen LogP contribution in [0, 0.1) is 5.92 Å². The zero-order chi connectivity index (χ0) is 20.4. The highest BCUT2D eigenvalue weighted by atomic mass is 16.5. The molecule has 1 amide bonds. The summed E-state index contributed by atoms with van der Waals surface area (Å²) >= 11 is 0. The molecule has 152 valence electrons. The van der Waals surface area contributed by atoms with Crippen molar-refractivity contribution in [3.63, 3.8) is 0 Å². The molecule has 0 bridgehead atoms. The third kappa shape index (κ3) is 3.48. The summed E-state index contributed by atoms with van der Waals surface area (Å²) in [6.45, 7) is 3.89. The third-order valence-corrected chi connectivity index (χ3v) is 5.58. The number of para-hydroxylation sites is 1. The number of nitrogens with zero attached hydrogens (tertiary/aromatic N) is 1. The zero-order valence-electron chi connectivity index (χ0n) is 17.0. The molecule has 1 fully saturated rings. The van der Waals surface area contributed by atoms with Gasteiger partial charge >= 0.3 is 0 Å². The largest absolute Gasteiger partial charge is 0.503 e. The van der Waals surface area contributed by atoms with E-state index in [-0.39, 0.29) is 29.7 Å². The molecular weight excluding hydrogens is 358 g/mol. The number of rotatable bonds is 7.